The summed E-state index contributed by atoms with van der Waals surface area (Å²) < 4.78 is 25.7. The molecular weight excluding hydrogens is 276 g/mol. The summed E-state index contributed by atoms with van der Waals surface area (Å²) >= 11 is 5.85. The second-order valence-electron chi connectivity index (χ2n) is 3.83. The standard InChI is InChI=1S/C11H17ClN2O3S/c1-4-5-14(17-3)18(15,16)11-7-9(12)6-10(13)8(11)2/h6-7H,4-5,13H2,1-3H3. The molecule has 1 rings (SSSR count). The highest BCUT2D eigenvalue weighted by Crippen LogP contribution is 2.28. The predicted octanol–water partition coefficient (Wildman–Crippen LogP) is 2.19. The summed E-state index contributed by atoms with van der Waals surface area (Å²) in [4.78, 5) is 4.98. The summed E-state index contributed by atoms with van der Waals surface area (Å²) in [6.45, 7) is 3.77. The maximum atomic E-state index is 12.4. The topological polar surface area (TPSA) is 72.6 Å². The van der Waals surface area contributed by atoms with Gasteiger partial charge in [0.2, 0.25) is 0 Å². The summed E-state index contributed by atoms with van der Waals surface area (Å²) in [6, 6.07) is 2.90. The number of anilines is 1. The van der Waals surface area contributed by atoms with Crippen molar-refractivity contribution in [3.8, 4) is 0 Å². The second-order valence-corrected chi connectivity index (χ2v) is 6.07. The minimum absolute atomic E-state index is 0.0720. The number of nitrogen functional groups attached to an aromatic ring is 1. The van der Waals surface area contributed by atoms with Gasteiger partial charge in [0.25, 0.3) is 10.0 Å². The van der Waals surface area contributed by atoms with Crippen LogP contribution in [0.2, 0.25) is 5.02 Å². The molecule has 0 fully saturated rings. The van der Waals surface area contributed by atoms with Gasteiger partial charge < -0.3 is 5.73 Å². The summed E-state index contributed by atoms with van der Waals surface area (Å²) in [5.74, 6) is 0. The molecule has 2 N–H and O–H groups in total. The maximum Gasteiger partial charge on any atom is 0.265 e. The third-order valence-corrected chi connectivity index (χ3v) is 4.59. The molecule has 0 aromatic heterocycles. The van der Waals surface area contributed by atoms with E-state index in [0.29, 0.717) is 17.7 Å². The van der Waals surface area contributed by atoms with Crippen molar-refractivity contribution in [3.05, 3.63) is 22.7 Å². The average molecular weight is 293 g/mol. The van der Waals surface area contributed by atoms with Gasteiger partial charge in [-0.2, -0.15) is 0 Å². The molecule has 0 heterocycles. The van der Waals surface area contributed by atoms with Crippen LogP contribution in [0.25, 0.3) is 0 Å². The number of halogens is 1. The maximum absolute atomic E-state index is 12.4. The molecule has 0 aliphatic rings. The number of hydrogen-bond acceptors (Lipinski definition) is 4. The Labute approximate surface area is 112 Å². The van der Waals surface area contributed by atoms with Crippen molar-refractivity contribution >= 4 is 27.3 Å². The second kappa shape index (κ2) is 5.88. The molecule has 5 nitrogen and oxygen atoms in total. The largest absolute Gasteiger partial charge is 0.398 e. The molecule has 7 heteroatoms. The Morgan fingerprint density at radius 2 is 2.06 bits per heavy atom. The highest BCUT2D eigenvalue weighted by atomic mass is 35.5. The molecule has 18 heavy (non-hydrogen) atoms. The Morgan fingerprint density at radius 1 is 1.44 bits per heavy atom. The van der Waals surface area contributed by atoms with Crippen molar-refractivity contribution < 1.29 is 13.3 Å². The van der Waals surface area contributed by atoms with Crippen molar-refractivity contribution in [1.82, 2.24) is 4.47 Å². The van der Waals surface area contributed by atoms with Crippen LogP contribution < -0.4 is 5.73 Å². The van der Waals surface area contributed by atoms with Gasteiger partial charge in [-0.25, -0.2) is 8.42 Å². The lowest BCUT2D eigenvalue weighted by atomic mass is 10.2. The molecule has 0 amide bonds. The fraction of sp³-hybridized carbons (Fsp3) is 0.455. The van der Waals surface area contributed by atoms with Gasteiger partial charge in [-0.3, -0.25) is 4.84 Å². The van der Waals surface area contributed by atoms with Crippen molar-refractivity contribution in [3.63, 3.8) is 0 Å². The van der Waals surface area contributed by atoms with Gasteiger partial charge in [0, 0.05) is 17.3 Å². The molecular formula is C11H17ClN2O3S. The first kappa shape index (κ1) is 15.2. The van der Waals surface area contributed by atoms with Crippen LogP contribution in [0.5, 0.6) is 0 Å². The molecule has 0 spiro atoms. The lowest BCUT2D eigenvalue weighted by Crippen LogP contribution is -2.31. The minimum atomic E-state index is -3.74. The fourth-order valence-corrected chi connectivity index (χ4v) is 3.45. The molecule has 0 radical (unpaired) electrons. The predicted molar refractivity (Wildman–Crippen MR) is 71.8 cm³/mol. The van der Waals surface area contributed by atoms with Crippen LogP contribution in [0.3, 0.4) is 0 Å². The Balaban J connectivity index is 3.36. The van der Waals surface area contributed by atoms with Crippen molar-refractivity contribution in [2.75, 3.05) is 19.4 Å². The van der Waals surface area contributed by atoms with Crippen LogP contribution in [0, 0.1) is 6.92 Å². The van der Waals surface area contributed by atoms with E-state index in [4.69, 9.17) is 22.2 Å². The third-order valence-electron chi connectivity index (χ3n) is 2.52. The molecule has 0 saturated heterocycles. The number of rotatable bonds is 5. The molecule has 0 saturated carbocycles. The zero-order valence-corrected chi connectivity index (χ0v) is 12.2. The molecule has 0 bridgehead atoms. The average Bonchev–Trinajstić information content (AvgIpc) is 2.30. The van der Waals surface area contributed by atoms with Crippen molar-refractivity contribution in [2.45, 2.75) is 25.2 Å². The normalized spacial score (nSPS) is 12.1. The molecule has 0 aliphatic carbocycles. The number of nitrogens with zero attached hydrogens (tertiary/aromatic N) is 1. The molecule has 1 aromatic rings. The van der Waals surface area contributed by atoms with Gasteiger partial charge in [-0.1, -0.05) is 23.0 Å². The monoisotopic (exact) mass is 292 g/mol. The van der Waals surface area contributed by atoms with E-state index in [2.05, 4.69) is 0 Å². The number of benzene rings is 1. The molecule has 0 unspecified atom stereocenters. The number of hydrogen-bond donors (Lipinski definition) is 1. The smallest absolute Gasteiger partial charge is 0.265 e. The quantitative estimate of drug-likeness (QED) is 0.667. The van der Waals surface area contributed by atoms with Gasteiger partial charge in [-0.05, 0) is 31.0 Å². The lowest BCUT2D eigenvalue weighted by molar-refractivity contribution is -0.0483. The number of sulfonamides is 1. The van der Waals surface area contributed by atoms with Gasteiger partial charge in [0.1, 0.15) is 0 Å². The van der Waals surface area contributed by atoms with Crippen LogP contribution in [-0.4, -0.2) is 26.5 Å². The van der Waals surface area contributed by atoms with Gasteiger partial charge >= 0.3 is 0 Å². The first-order chi connectivity index (χ1) is 8.34. The first-order valence-electron chi connectivity index (χ1n) is 5.47. The molecule has 102 valence electrons. The van der Waals surface area contributed by atoms with E-state index in [1.807, 2.05) is 6.92 Å². The third kappa shape index (κ3) is 2.95. The van der Waals surface area contributed by atoms with E-state index < -0.39 is 10.0 Å². The zero-order valence-electron chi connectivity index (χ0n) is 10.6. The van der Waals surface area contributed by atoms with Gasteiger partial charge in [-0.15, -0.1) is 0 Å². The molecule has 0 aliphatic heterocycles. The SMILES string of the molecule is CCCN(OC)S(=O)(=O)c1cc(Cl)cc(N)c1C. The number of hydroxylamine groups is 1. The van der Waals surface area contributed by atoms with E-state index in [9.17, 15) is 8.42 Å². The van der Waals surface area contributed by atoms with Crippen LogP contribution in [0.15, 0.2) is 17.0 Å². The fourth-order valence-electron chi connectivity index (χ4n) is 1.54. The van der Waals surface area contributed by atoms with Gasteiger partial charge in [0.05, 0.1) is 12.0 Å². The molecule has 0 atom stereocenters. The Hall–Kier alpha value is -0.820. The Morgan fingerprint density at radius 3 is 2.56 bits per heavy atom. The van der Waals surface area contributed by atoms with Crippen molar-refractivity contribution in [1.29, 1.82) is 0 Å². The van der Waals surface area contributed by atoms with Crippen LogP contribution in [0.4, 0.5) is 5.69 Å². The van der Waals surface area contributed by atoms with Crippen molar-refractivity contribution in [2.24, 2.45) is 0 Å². The van der Waals surface area contributed by atoms with Crippen LogP contribution in [0.1, 0.15) is 18.9 Å². The van der Waals surface area contributed by atoms with E-state index >= 15 is 0 Å². The number of nitrogens with two attached hydrogens (primary N) is 1. The van der Waals surface area contributed by atoms with E-state index in [0.717, 1.165) is 4.47 Å². The zero-order chi connectivity index (χ0) is 13.9. The highest BCUT2D eigenvalue weighted by molar-refractivity contribution is 7.89. The van der Waals surface area contributed by atoms with Crippen LogP contribution in [-0.2, 0) is 14.9 Å². The Kier molecular flexibility index (Phi) is 4.98. The first-order valence-corrected chi connectivity index (χ1v) is 7.28. The summed E-state index contributed by atoms with van der Waals surface area (Å²) in [6.07, 6.45) is 0.641. The van der Waals surface area contributed by atoms with E-state index in [1.54, 1.807) is 6.92 Å². The van der Waals surface area contributed by atoms with Crippen LogP contribution >= 0.6 is 11.6 Å². The Bertz CT molecular complexity index is 531. The lowest BCUT2D eigenvalue weighted by Gasteiger charge is -2.20. The van der Waals surface area contributed by atoms with E-state index in [-0.39, 0.29) is 16.5 Å². The highest BCUT2D eigenvalue weighted by Gasteiger charge is 2.26. The summed E-state index contributed by atoms with van der Waals surface area (Å²) in [5.41, 5.74) is 6.54. The van der Waals surface area contributed by atoms with E-state index in [1.165, 1.54) is 19.2 Å². The molecule has 1 aromatic carbocycles. The summed E-state index contributed by atoms with van der Waals surface area (Å²) in [7, 11) is -2.43. The van der Waals surface area contributed by atoms with Gasteiger partial charge in [0.15, 0.2) is 0 Å². The minimum Gasteiger partial charge on any atom is -0.398 e. The summed E-state index contributed by atoms with van der Waals surface area (Å²) in [5, 5.41) is 0.282.